The highest BCUT2D eigenvalue weighted by Gasteiger charge is 2.32. The van der Waals surface area contributed by atoms with E-state index < -0.39 is 24.0 Å². The van der Waals surface area contributed by atoms with Gasteiger partial charge in [0.25, 0.3) is 0 Å². The fourth-order valence-corrected chi connectivity index (χ4v) is 5.33. The quantitative estimate of drug-likeness (QED) is 0.510. The molecule has 3 N–H and O–H groups in total. The SMILES string of the molecule is CC(C)CC(NC(=O)OCC1c2ccccc2-c2ccccc21)C(=O)N[C@H]1CCC[C@@H](C(=O)O)C1. The Kier molecular flexibility index (Phi) is 7.73. The topological polar surface area (TPSA) is 105 Å². The minimum Gasteiger partial charge on any atom is -0.481 e. The lowest BCUT2D eigenvalue weighted by atomic mass is 9.85. The van der Waals surface area contributed by atoms with Crippen molar-refractivity contribution < 1.29 is 24.2 Å². The molecule has 0 heterocycles. The number of carboxylic acid groups (broad SMARTS) is 1. The first-order valence-electron chi connectivity index (χ1n) is 12.5. The third-order valence-electron chi connectivity index (χ3n) is 7.03. The van der Waals surface area contributed by atoms with E-state index in [-0.39, 0.29) is 30.4 Å². The summed E-state index contributed by atoms with van der Waals surface area (Å²) >= 11 is 0. The molecule has 2 aromatic rings. The van der Waals surface area contributed by atoms with Gasteiger partial charge in [0.1, 0.15) is 12.6 Å². The van der Waals surface area contributed by atoms with E-state index in [1.54, 1.807) is 0 Å². The van der Waals surface area contributed by atoms with Crippen LogP contribution < -0.4 is 10.6 Å². The summed E-state index contributed by atoms with van der Waals surface area (Å²) in [4.78, 5) is 37.1. The summed E-state index contributed by atoms with van der Waals surface area (Å²) in [6.07, 6.45) is 2.39. The number of carbonyl (C=O) groups is 3. The summed E-state index contributed by atoms with van der Waals surface area (Å²) in [6, 6.07) is 15.3. The summed E-state index contributed by atoms with van der Waals surface area (Å²) < 4.78 is 5.63. The number of benzene rings is 2. The van der Waals surface area contributed by atoms with Gasteiger partial charge < -0.3 is 20.5 Å². The molecule has 0 spiro atoms. The summed E-state index contributed by atoms with van der Waals surface area (Å²) in [5, 5.41) is 15.0. The number of nitrogens with one attached hydrogen (secondary N) is 2. The first-order valence-corrected chi connectivity index (χ1v) is 12.5. The van der Waals surface area contributed by atoms with Crippen molar-refractivity contribution in [1.82, 2.24) is 10.6 Å². The van der Waals surface area contributed by atoms with Gasteiger partial charge in [-0.3, -0.25) is 9.59 Å². The number of hydrogen-bond acceptors (Lipinski definition) is 4. The van der Waals surface area contributed by atoms with Crippen LogP contribution in [0.25, 0.3) is 11.1 Å². The van der Waals surface area contributed by atoms with Gasteiger partial charge in [-0.25, -0.2) is 4.79 Å². The van der Waals surface area contributed by atoms with Crippen LogP contribution in [0.1, 0.15) is 63.0 Å². The Balaban J connectivity index is 1.38. The zero-order chi connectivity index (χ0) is 24.9. The number of fused-ring (bicyclic) bond motifs is 3. The number of aliphatic carboxylic acids is 1. The van der Waals surface area contributed by atoms with Gasteiger partial charge in [-0.15, -0.1) is 0 Å². The van der Waals surface area contributed by atoms with Gasteiger partial charge >= 0.3 is 12.1 Å². The van der Waals surface area contributed by atoms with Gasteiger partial charge in [0.05, 0.1) is 5.92 Å². The Labute approximate surface area is 206 Å². The first-order chi connectivity index (χ1) is 16.8. The van der Waals surface area contributed by atoms with Crippen molar-refractivity contribution in [1.29, 1.82) is 0 Å². The lowest BCUT2D eigenvalue weighted by Crippen LogP contribution is -2.51. The van der Waals surface area contributed by atoms with Crippen molar-refractivity contribution in [2.24, 2.45) is 11.8 Å². The zero-order valence-electron chi connectivity index (χ0n) is 20.3. The fraction of sp³-hybridized carbons (Fsp3) is 0.464. The summed E-state index contributed by atoms with van der Waals surface area (Å²) in [5.74, 6) is -1.42. The lowest BCUT2D eigenvalue weighted by molar-refractivity contribution is -0.143. The van der Waals surface area contributed by atoms with Gasteiger partial charge in [0.15, 0.2) is 0 Å². The van der Waals surface area contributed by atoms with Crippen LogP contribution in [0, 0.1) is 11.8 Å². The van der Waals surface area contributed by atoms with E-state index in [4.69, 9.17) is 4.74 Å². The fourth-order valence-electron chi connectivity index (χ4n) is 5.33. The predicted octanol–water partition coefficient (Wildman–Crippen LogP) is 4.70. The molecule has 0 radical (unpaired) electrons. The molecule has 0 saturated heterocycles. The Morgan fingerprint density at radius 2 is 1.63 bits per heavy atom. The Bertz CT molecular complexity index is 1040. The smallest absolute Gasteiger partial charge is 0.407 e. The molecule has 7 heteroatoms. The largest absolute Gasteiger partial charge is 0.481 e. The second-order valence-electron chi connectivity index (χ2n) is 10.1. The Morgan fingerprint density at radius 1 is 1.00 bits per heavy atom. The van der Waals surface area contributed by atoms with Crippen LogP contribution in [0.3, 0.4) is 0 Å². The predicted molar refractivity (Wildman–Crippen MR) is 133 cm³/mol. The number of ether oxygens (including phenoxy) is 1. The molecule has 1 unspecified atom stereocenters. The van der Waals surface area contributed by atoms with E-state index in [9.17, 15) is 19.5 Å². The molecule has 186 valence electrons. The van der Waals surface area contributed by atoms with Gasteiger partial charge in [0, 0.05) is 12.0 Å². The Morgan fingerprint density at radius 3 is 2.23 bits per heavy atom. The molecule has 7 nitrogen and oxygen atoms in total. The minimum atomic E-state index is -0.820. The molecule has 2 aliphatic rings. The van der Waals surface area contributed by atoms with Crippen LogP contribution in [0.4, 0.5) is 4.79 Å². The molecule has 0 aliphatic heterocycles. The molecular weight excluding hydrogens is 444 g/mol. The second-order valence-corrected chi connectivity index (χ2v) is 10.1. The van der Waals surface area contributed by atoms with E-state index in [2.05, 4.69) is 34.9 Å². The summed E-state index contributed by atoms with van der Waals surface area (Å²) in [5.41, 5.74) is 4.56. The van der Waals surface area contributed by atoms with Gasteiger partial charge in [-0.2, -0.15) is 0 Å². The average Bonchev–Trinajstić information content (AvgIpc) is 3.16. The Hall–Kier alpha value is -3.35. The molecule has 2 aromatic carbocycles. The molecule has 35 heavy (non-hydrogen) atoms. The van der Waals surface area contributed by atoms with Crippen molar-refractivity contribution in [3.63, 3.8) is 0 Å². The van der Waals surface area contributed by atoms with Crippen LogP contribution >= 0.6 is 0 Å². The highest BCUT2D eigenvalue weighted by Crippen LogP contribution is 2.44. The number of amides is 2. The average molecular weight is 479 g/mol. The third-order valence-corrected chi connectivity index (χ3v) is 7.03. The van der Waals surface area contributed by atoms with E-state index in [0.717, 1.165) is 35.1 Å². The van der Waals surface area contributed by atoms with Gasteiger partial charge in [0.2, 0.25) is 5.91 Å². The van der Waals surface area contributed by atoms with E-state index >= 15 is 0 Å². The van der Waals surface area contributed by atoms with E-state index in [1.165, 1.54) is 0 Å². The van der Waals surface area contributed by atoms with E-state index in [1.807, 2.05) is 38.1 Å². The lowest BCUT2D eigenvalue weighted by Gasteiger charge is -2.29. The number of rotatable bonds is 8. The maximum atomic E-state index is 13.0. The van der Waals surface area contributed by atoms with Crippen molar-refractivity contribution in [3.8, 4) is 11.1 Å². The molecule has 0 aromatic heterocycles. The molecule has 3 atom stereocenters. The van der Waals surface area contributed by atoms with Crippen LogP contribution in [0.15, 0.2) is 48.5 Å². The summed E-state index contributed by atoms with van der Waals surface area (Å²) in [6.45, 7) is 4.15. The van der Waals surface area contributed by atoms with Crippen LogP contribution in [0.2, 0.25) is 0 Å². The number of carboxylic acids is 1. The van der Waals surface area contributed by atoms with Crippen molar-refractivity contribution >= 4 is 18.0 Å². The van der Waals surface area contributed by atoms with Crippen LogP contribution in [-0.2, 0) is 14.3 Å². The minimum absolute atomic E-state index is 0.0549. The standard InChI is InChI=1S/C28H34N2O5/c1-17(2)14-25(26(31)29-19-9-7-8-18(15-19)27(32)33)30-28(34)35-16-24-22-12-5-3-10-20(22)21-11-4-6-13-23(21)24/h3-6,10-13,17-19,24-25H,7-9,14-16H2,1-2H3,(H,29,31)(H,30,34)(H,32,33)/t18-,19+,25?/m1/s1. The monoisotopic (exact) mass is 478 g/mol. The molecule has 1 saturated carbocycles. The second kappa shape index (κ2) is 10.9. The van der Waals surface area contributed by atoms with Crippen molar-refractivity contribution in [2.45, 2.75) is 64.0 Å². The summed E-state index contributed by atoms with van der Waals surface area (Å²) in [7, 11) is 0. The first kappa shape index (κ1) is 24.8. The molecule has 2 amide bonds. The molecule has 4 rings (SSSR count). The van der Waals surface area contributed by atoms with Crippen molar-refractivity contribution in [2.75, 3.05) is 6.61 Å². The van der Waals surface area contributed by atoms with E-state index in [0.29, 0.717) is 19.3 Å². The molecule has 2 aliphatic carbocycles. The number of hydrogen-bond donors (Lipinski definition) is 3. The normalized spacial score (nSPS) is 20.0. The number of alkyl carbamates (subject to hydrolysis) is 1. The third kappa shape index (κ3) is 5.84. The van der Waals surface area contributed by atoms with Gasteiger partial charge in [-0.05, 0) is 53.9 Å². The molecular formula is C28H34N2O5. The highest BCUT2D eigenvalue weighted by atomic mass is 16.5. The van der Waals surface area contributed by atoms with Crippen LogP contribution in [0.5, 0.6) is 0 Å². The van der Waals surface area contributed by atoms with Gasteiger partial charge in [-0.1, -0.05) is 68.8 Å². The number of carbonyl (C=O) groups excluding carboxylic acids is 2. The van der Waals surface area contributed by atoms with Crippen molar-refractivity contribution in [3.05, 3.63) is 59.7 Å². The maximum Gasteiger partial charge on any atom is 0.407 e. The maximum absolute atomic E-state index is 13.0. The molecule has 1 fully saturated rings. The van der Waals surface area contributed by atoms with Crippen LogP contribution in [-0.4, -0.2) is 41.8 Å². The highest BCUT2D eigenvalue weighted by molar-refractivity contribution is 5.86. The molecule has 0 bridgehead atoms. The zero-order valence-corrected chi connectivity index (χ0v) is 20.3.